The summed E-state index contributed by atoms with van der Waals surface area (Å²) in [5.74, 6) is -1.68. The van der Waals surface area contributed by atoms with E-state index in [9.17, 15) is 44.2 Å². The highest BCUT2D eigenvalue weighted by Crippen LogP contribution is 2.60. The third kappa shape index (κ3) is 11.1. The van der Waals surface area contributed by atoms with Crippen molar-refractivity contribution in [2.45, 2.75) is 108 Å². The summed E-state index contributed by atoms with van der Waals surface area (Å²) >= 11 is 0.814. The van der Waals surface area contributed by atoms with Crippen molar-refractivity contribution < 1.29 is 43.3 Å². The molecule has 1 aromatic rings. The van der Waals surface area contributed by atoms with Crippen LogP contribution in [0.15, 0.2) is 23.1 Å². The molecule has 0 spiro atoms. The molecule has 4 aliphatic rings. The van der Waals surface area contributed by atoms with Gasteiger partial charge in [-0.05, 0) is 81.6 Å². The highest BCUT2D eigenvalue weighted by atomic mass is 32.2. The summed E-state index contributed by atoms with van der Waals surface area (Å²) in [6.45, 7) is 3.72. The first-order valence-electron chi connectivity index (χ1n) is 18.1. The van der Waals surface area contributed by atoms with Gasteiger partial charge < -0.3 is 25.4 Å². The predicted octanol–water partition coefficient (Wildman–Crippen LogP) is 4.36. The van der Waals surface area contributed by atoms with Crippen molar-refractivity contribution in [3.8, 4) is 0 Å². The number of thioether (sulfide) groups is 1. The lowest BCUT2D eigenvalue weighted by molar-refractivity contribution is -0.396. The van der Waals surface area contributed by atoms with Crippen LogP contribution in [0.5, 0.6) is 0 Å². The molecule has 0 radical (unpaired) electrons. The Kier molecular flexibility index (Phi) is 14.8. The maximum Gasteiger partial charge on any atom is 0.328 e. The fraction of sp³-hybridized carbons (Fsp3) is 0.686. The van der Waals surface area contributed by atoms with E-state index in [0.29, 0.717) is 30.6 Å². The summed E-state index contributed by atoms with van der Waals surface area (Å²) in [6, 6.07) is 0.675. The summed E-state index contributed by atoms with van der Waals surface area (Å²) < 4.78 is 10.5. The second-order valence-corrected chi connectivity index (χ2v) is 15.2. The van der Waals surface area contributed by atoms with Gasteiger partial charge in [0.15, 0.2) is 0 Å². The quantitative estimate of drug-likeness (QED) is 0.0524. The monoisotopic (exact) mass is 747 g/mol. The van der Waals surface area contributed by atoms with Crippen molar-refractivity contribution in [2.75, 3.05) is 25.5 Å². The molecular weight excluding hydrogens is 698 g/mol. The van der Waals surface area contributed by atoms with Crippen LogP contribution in [0.2, 0.25) is 0 Å². The Morgan fingerprint density at radius 2 is 1.50 bits per heavy atom. The van der Waals surface area contributed by atoms with E-state index < -0.39 is 69.0 Å². The van der Waals surface area contributed by atoms with E-state index in [2.05, 4.69) is 16.0 Å². The number of hydrogen-bond donors (Lipinski definition) is 3. The number of nitrogens with zero attached hydrogens (tertiary/aromatic N) is 2. The molecule has 17 heteroatoms. The molecule has 52 heavy (non-hydrogen) atoms. The number of esters is 2. The van der Waals surface area contributed by atoms with Crippen LogP contribution < -0.4 is 16.0 Å². The highest BCUT2D eigenvalue weighted by Gasteiger charge is 2.55. The van der Waals surface area contributed by atoms with Crippen LogP contribution in [0.1, 0.15) is 90.9 Å². The molecule has 3 N–H and O–H groups in total. The first-order chi connectivity index (χ1) is 24.8. The zero-order valence-electron chi connectivity index (χ0n) is 29.7. The van der Waals surface area contributed by atoms with Gasteiger partial charge in [0, 0.05) is 23.7 Å². The molecule has 4 fully saturated rings. The largest absolute Gasteiger partial charge is 0.464 e. The van der Waals surface area contributed by atoms with E-state index in [0.717, 1.165) is 75.3 Å². The number of non-ortho nitro benzene ring substituents is 1. The maximum absolute atomic E-state index is 13.8. The van der Waals surface area contributed by atoms with Gasteiger partial charge in [-0.15, -0.1) is 11.8 Å². The van der Waals surface area contributed by atoms with Crippen LogP contribution in [0.25, 0.3) is 0 Å². The van der Waals surface area contributed by atoms with Gasteiger partial charge in [-0.2, -0.15) is 0 Å². The van der Waals surface area contributed by atoms with Crippen molar-refractivity contribution in [3.63, 3.8) is 0 Å². The zero-order chi connectivity index (χ0) is 37.8. The van der Waals surface area contributed by atoms with Crippen LogP contribution in [-0.2, 0) is 33.4 Å². The fourth-order valence-corrected chi connectivity index (χ4v) is 8.84. The van der Waals surface area contributed by atoms with Gasteiger partial charge in [-0.25, -0.2) is 4.79 Å². The number of hydrogen-bond acceptors (Lipinski definition) is 12. The predicted molar refractivity (Wildman–Crippen MR) is 189 cm³/mol. The smallest absolute Gasteiger partial charge is 0.328 e. The number of nitro groups is 2. The highest BCUT2D eigenvalue weighted by molar-refractivity contribution is 7.99. The van der Waals surface area contributed by atoms with Gasteiger partial charge in [0.05, 0.1) is 34.0 Å². The number of ether oxygens (including phenoxy) is 2. The number of unbranched alkanes of at least 4 members (excludes halogenated alkanes) is 2. The van der Waals surface area contributed by atoms with Crippen LogP contribution in [0.4, 0.5) is 11.4 Å². The third-order valence-corrected chi connectivity index (χ3v) is 11.2. The lowest BCUT2D eigenvalue weighted by Crippen LogP contribution is -2.56. The molecule has 16 nitrogen and oxygen atoms in total. The molecule has 4 bridgehead atoms. The number of rotatable bonds is 21. The summed E-state index contributed by atoms with van der Waals surface area (Å²) in [5.41, 5.74) is -1.57. The maximum atomic E-state index is 13.8. The Hall–Kier alpha value is -4.28. The summed E-state index contributed by atoms with van der Waals surface area (Å²) in [6.07, 6.45) is 8.26. The summed E-state index contributed by atoms with van der Waals surface area (Å²) in [7, 11) is 0. The summed E-state index contributed by atoms with van der Waals surface area (Å²) in [4.78, 5) is 87.1. The van der Waals surface area contributed by atoms with Gasteiger partial charge in [0.2, 0.25) is 17.7 Å². The molecule has 2 unspecified atom stereocenters. The molecule has 5 rings (SSSR count). The minimum atomic E-state index is -1.31. The Morgan fingerprint density at radius 1 is 0.885 bits per heavy atom. The molecule has 0 heterocycles. The Labute approximate surface area is 306 Å². The first kappa shape index (κ1) is 40.5. The summed E-state index contributed by atoms with van der Waals surface area (Å²) in [5, 5.41) is 30.8. The molecule has 4 aliphatic carbocycles. The number of nitro benzene ring substituents is 2. The standard InChI is InChI=1S/C35H49N5O11S/c1-3-5-11-50-31(42)20-36-32(43)27(21-52-29-9-7-25(39(46)47)16-28(29)40(48)49)37-30(41)10-8-26(33(44)51-12-6-4-2)38-34(45)35-17-22-13-23(18-35)15-24(14-22)19-35/h7,9,16,22-24,26-27H,3-6,8,10-15,17-21H2,1-2H3,(H,36,43)(H,37,41)(H,38,45). The van der Waals surface area contributed by atoms with Crippen molar-refractivity contribution >= 4 is 52.8 Å². The SMILES string of the molecule is CCCCOC(=O)CNC(=O)C(CSc1ccc([N+](=O)[O-])cc1[N+](=O)[O-])NC(=O)CCC(NC(=O)C12CC3CC(CC(C3)C1)C2)C(=O)OCCCC. The van der Waals surface area contributed by atoms with Crippen molar-refractivity contribution in [1.29, 1.82) is 0 Å². The van der Waals surface area contributed by atoms with E-state index in [1.807, 2.05) is 13.8 Å². The van der Waals surface area contributed by atoms with Gasteiger partial charge in [-0.3, -0.25) is 39.4 Å². The van der Waals surface area contributed by atoms with Gasteiger partial charge >= 0.3 is 11.9 Å². The van der Waals surface area contributed by atoms with Gasteiger partial charge in [0.25, 0.3) is 11.4 Å². The number of carbonyl (C=O) groups is 5. The van der Waals surface area contributed by atoms with Crippen molar-refractivity contribution in [2.24, 2.45) is 23.2 Å². The molecular formula is C35H49N5O11S. The van der Waals surface area contributed by atoms with Crippen LogP contribution in [0, 0.1) is 43.4 Å². The fourth-order valence-electron chi connectivity index (χ4n) is 7.81. The minimum absolute atomic E-state index is 0.0175. The van der Waals surface area contributed by atoms with E-state index in [1.165, 1.54) is 6.07 Å². The van der Waals surface area contributed by atoms with E-state index in [-0.39, 0.29) is 42.6 Å². The molecule has 1 aromatic carbocycles. The van der Waals surface area contributed by atoms with Crippen LogP contribution in [0.3, 0.4) is 0 Å². The van der Waals surface area contributed by atoms with Gasteiger partial charge in [0.1, 0.15) is 18.6 Å². The Bertz CT molecular complexity index is 1470. The van der Waals surface area contributed by atoms with E-state index in [1.54, 1.807) is 0 Å². The van der Waals surface area contributed by atoms with Crippen LogP contribution in [-0.4, -0.2) is 77.1 Å². The molecule has 4 saturated carbocycles. The average Bonchev–Trinajstić information content (AvgIpc) is 3.10. The van der Waals surface area contributed by atoms with Crippen LogP contribution >= 0.6 is 11.8 Å². The number of nitrogens with one attached hydrogen (secondary N) is 3. The first-order valence-corrected chi connectivity index (χ1v) is 19.1. The third-order valence-electron chi connectivity index (χ3n) is 10.1. The van der Waals surface area contributed by atoms with E-state index in [4.69, 9.17) is 9.47 Å². The zero-order valence-corrected chi connectivity index (χ0v) is 30.5. The molecule has 0 saturated heterocycles. The lowest BCUT2D eigenvalue weighted by Gasteiger charge is -2.55. The molecule has 3 amide bonds. The molecule has 0 aliphatic heterocycles. The average molecular weight is 748 g/mol. The Balaban J connectivity index is 1.44. The lowest BCUT2D eigenvalue weighted by atomic mass is 9.49. The second kappa shape index (κ2) is 19.0. The second-order valence-electron chi connectivity index (χ2n) is 14.2. The molecule has 286 valence electrons. The molecule has 0 aromatic heterocycles. The minimum Gasteiger partial charge on any atom is -0.464 e. The Morgan fingerprint density at radius 3 is 2.08 bits per heavy atom. The topological polar surface area (TPSA) is 226 Å². The van der Waals surface area contributed by atoms with Gasteiger partial charge in [-0.1, -0.05) is 26.7 Å². The molecule has 2 atom stereocenters. The normalized spacial score (nSPS) is 22.5. The number of benzene rings is 1. The number of carbonyl (C=O) groups excluding carboxylic acids is 5. The van der Waals surface area contributed by atoms with Crippen molar-refractivity contribution in [1.82, 2.24) is 16.0 Å². The number of amides is 3. The van der Waals surface area contributed by atoms with E-state index >= 15 is 0 Å². The van der Waals surface area contributed by atoms with Crippen molar-refractivity contribution in [3.05, 3.63) is 38.4 Å².